The Kier molecular flexibility index (Phi) is 12.5. The first-order chi connectivity index (χ1) is 21.4. The van der Waals surface area contributed by atoms with Gasteiger partial charge in [-0.05, 0) is 69.3 Å². The van der Waals surface area contributed by atoms with E-state index in [1.54, 1.807) is 4.90 Å². The molecular weight excluding hydrogens is 686 g/mol. The van der Waals surface area contributed by atoms with Gasteiger partial charge in [-0.1, -0.05) is 11.6 Å². The van der Waals surface area contributed by atoms with Gasteiger partial charge in [0.05, 0.1) is 23.2 Å². The van der Waals surface area contributed by atoms with Gasteiger partial charge in [0.15, 0.2) is 11.6 Å². The van der Waals surface area contributed by atoms with E-state index in [4.69, 9.17) is 11.6 Å². The lowest BCUT2D eigenvalue weighted by atomic mass is 10.0. The molecule has 8 rings (SSSR count). The molecule has 2 aromatic rings. The standard InChI is InChI=1S/C15H19F3N4.C10H12ClN3.C5H8F3N.2H2S/c16-15(17,18)10-5-7-22(8-10)13-4-3-12-14(20-13)19-11-2-1-6-21(12)9-11;11-9-4-3-8-10(13-9)12-7-2-1-5-14(8)6-7;6-5(7,8)4-1-2-9-3-4;;/h3-4,10-11H,1-2,5-9H2,(H,19,20);3-4,7H,1-2,5-6H2,(H,12,13);4,9H,1-3H2;2*1H2/t10?,11-;7-;;;/m00.../s1. The van der Waals surface area contributed by atoms with Crippen LogP contribution in [0, 0.1) is 11.8 Å². The van der Waals surface area contributed by atoms with Crippen LogP contribution in [-0.2, 0) is 0 Å². The largest absolute Gasteiger partial charge is 0.393 e. The zero-order chi connectivity index (χ0) is 31.8. The highest BCUT2D eigenvalue weighted by molar-refractivity contribution is 7.59. The zero-order valence-corrected chi connectivity index (χ0v) is 28.7. The van der Waals surface area contributed by atoms with Crippen molar-refractivity contribution in [1.82, 2.24) is 15.3 Å². The van der Waals surface area contributed by atoms with Crippen molar-refractivity contribution in [3.63, 3.8) is 0 Å². The third-order valence-electron chi connectivity index (χ3n) is 9.40. The fraction of sp³-hybridized carbons (Fsp3) is 0.667. The highest BCUT2D eigenvalue weighted by Crippen LogP contribution is 2.39. The van der Waals surface area contributed by atoms with Gasteiger partial charge < -0.3 is 30.7 Å². The van der Waals surface area contributed by atoms with Gasteiger partial charge in [0.25, 0.3) is 0 Å². The summed E-state index contributed by atoms with van der Waals surface area (Å²) in [4.78, 5) is 15.4. The lowest BCUT2D eigenvalue weighted by Crippen LogP contribution is -2.46. The summed E-state index contributed by atoms with van der Waals surface area (Å²) in [5.41, 5.74) is 2.27. The molecule has 264 valence electrons. The highest BCUT2D eigenvalue weighted by atomic mass is 35.5. The minimum atomic E-state index is -4.11. The van der Waals surface area contributed by atoms with Crippen molar-refractivity contribution < 1.29 is 26.3 Å². The number of alkyl halides is 6. The van der Waals surface area contributed by atoms with E-state index in [1.807, 2.05) is 18.2 Å². The molecule has 2 unspecified atom stereocenters. The molecule has 0 radical (unpaired) electrons. The molecule has 0 amide bonds. The van der Waals surface area contributed by atoms with E-state index in [0.717, 1.165) is 56.3 Å². The van der Waals surface area contributed by atoms with E-state index < -0.39 is 24.2 Å². The van der Waals surface area contributed by atoms with Crippen LogP contribution in [0.2, 0.25) is 5.15 Å². The number of pyridine rings is 2. The molecule has 0 spiro atoms. The van der Waals surface area contributed by atoms with Crippen LogP contribution < -0.4 is 30.7 Å². The lowest BCUT2D eigenvalue weighted by Gasteiger charge is -2.41. The summed E-state index contributed by atoms with van der Waals surface area (Å²) in [7, 11) is 0. The van der Waals surface area contributed by atoms with Crippen LogP contribution in [0.4, 0.5) is 55.2 Å². The number of rotatable bonds is 1. The predicted molar refractivity (Wildman–Crippen MR) is 185 cm³/mol. The zero-order valence-electron chi connectivity index (χ0n) is 25.9. The summed E-state index contributed by atoms with van der Waals surface area (Å²) in [6, 6.07) is 8.73. The van der Waals surface area contributed by atoms with Gasteiger partial charge in [0.2, 0.25) is 0 Å². The first-order valence-electron chi connectivity index (χ1n) is 15.7. The van der Waals surface area contributed by atoms with Crippen LogP contribution in [-0.4, -0.2) is 86.8 Å². The van der Waals surface area contributed by atoms with Crippen LogP contribution in [0.5, 0.6) is 0 Å². The molecule has 4 atom stereocenters. The Bertz CT molecular complexity index is 1330. The maximum atomic E-state index is 12.8. The van der Waals surface area contributed by atoms with Gasteiger partial charge in [-0.15, -0.1) is 0 Å². The van der Waals surface area contributed by atoms with Crippen molar-refractivity contribution in [2.24, 2.45) is 11.8 Å². The van der Waals surface area contributed by atoms with Crippen LogP contribution in [0.15, 0.2) is 24.3 Å². The molecule has 6 aliphatic heterocycles. The second kappa shape index (κ2) is 15.6. The lowest BCUT2D eigenvalue weighted by molar-refractivity contribution is -0.169. The van der Waals surface area contributed by atoms with E-state index in [2.05, 4.69) is 41.8 Å². The average Bonchev–Trinajstić information content (AvgIpc) is 3.71. The summed E-state index contributed by atoms with van der Waals surface area (Å²) >= 11 is 5.86. The predicted octanol–water partition coefficient (Wildman–Crippen LogP) is 6.38. The van der Waals surface area contributed by atoms with Crippen molar-refractivity contribution in [1.29, 1.82) is 0 Å². The van der Waals surface area contributed by atoms with Gasteiger partial charge in [-0.2, -0.15) is 53.3 Å². The molecule has 4 bridgehead atoms. The molecule has 3 N–H and O–H groups in total. The Morgan fingerprint density at radius 2 is 1.23 bits per heavy atom. The number of hydrogen-bond acceptors (Lipinski definition) is 8. The maximum Gasteiger partial charge on any atom is 0.393 e. The SMILES string of the molecule is Clc1ccc2c(n1)N[C@H]1CCCN2C1.FC(F)(F)C1CCN(c2ccc3c(n2)N[C@H]2CCCN3C2)C1.FC(F)(F)C1CCNC1.S.S. The van der Waals surface area contributed by atoms with Gasteiger partial charge in [-0.25, -0.2) is 9.97 Å². The van der Waals surface area contributed by atoms with E-state index in [9.17, 15) is 26.3 Å². The quantitative estimate of drug-likeness (QED) is 0.231. The summed E-state index contributed by atoms with van der Waals surface area (Å²) in [5.74, 6) is 0.0930. The van der Waals surface area contributed by atoms with Crippen LogP contribution >= 0.6 is 38.6 Å². The molecule has 0 saturated carbocycles. The van der Waals surface area contributed by atoms with Crippen molar-refractivity contribution in [2.75, 3.05) is 77.7 Å². The normalized spacial score (nSPS) is 25.6. The Balaban J connectivity index is 0.000000172. The molecule has 6 aliphatic rings. The number of nitrogens with one attached hydrogen (secondary N) is 3. The summed E-state index contributed by atoms with van der Waals surface area (Å²) in [6.07, 6.45) is -2.90. The minimum absolute atomic E-state index is 0. The van der Waals surface area contributed by atoms with E-state index in [1.165, 1.54) is 18.5 Å². The maximum absolute atomic E-state index is 12.8. The van der Waals surface area contributed by atoms with Crippen LogP contribution in [0.3, 0.4) is 0 Å². The number of nitrogens with zero attached hydrogens (tertiary/aromatic N) is 5. The number of halogens is 7. The third kappa shape index (κ3) is 9.09. The number of aromatic nitrogens is 2. The molecule has 0 aromatic carbocycles. The van der Waals surface area contributed by atoms with E-state index >= 15 is 0 Å². The van der Waals surface area contributed by atoms with Crippen LogP contribution in [0.25, 0.3) is 0 Å². The number of fused-ring (bicyclic) bond motifs is 8. The number of anilines is 5. The molecule has 8 nitrogen and oxygen atoms in total. The first-order valence-corrected chi connectivity index (χ1v) is 16.1. The van der Waals surface area contributed by atoms with E-state index in [0.29, 0.717) is 36.1 Å². The number of hydrogen-bond donors (Lipinski definition) is 3. The molecular formula is C30H43ClF6N8S2. The molecule has 2 aromatic heterocycles. The topological polar surface area (TPSA) is 71.6 Å². The molecule has 4 fully saturated rings. The summed E-state index contributed by atoms with van der Waals surface area (Å²) < 4.78 is 73.6. The highest BCUT2D eigenvalue weighted by Gasteiger charge is 2.44. The summed E-state index contributed by atoms with van der Waals surface area (Å²) in [6.45, 7) is 5.32. The molecule has 4 saturated heterocycles. The molecule has 0 aliphatic carbocycles. The van der Waals surface area contributed by atoms with Crippen molar-refractivity contribution in [3.8, 4) is 0 Å². The van der Waals surface area contributed by atoms with Crippen molar-refractivity contribution in [3.05, 3.63) is 29.4 Å². The fourth-order valence-electron chi connectivity index (χ4n) is 6.95. The molecule has 47 heavy (non-hydrogen) atoms. The first kappa shape index (κ1) is 37.6. The third-order valence-corrected chi connectivity index (χ3v) is 9.61. The van der Waals surface area contributed by atoms with Gasteiger partial charge in [-0.3, -0.25) is 0 Å². The average molecular weight is 729 g/mol. The Hall–Kier alpha value is -2.17. The second-order valence-electron chi connectivity index (χ2n) is 12.6. The van der Waals surface area contributed by atoms with Gasteiger partial charge >= 0.3 is 12.4 Å². The summed E-state index contributed by atoms with van der Waals surface area (Å²) in [5, 5.41) is 10.1. The smallest absolute Gasteiger partial charge is 0.366 e. The second-order valence-corrected chi connectivity index (χ2v) is 13.0. The van der Waals surface area contributed by atoms with Gasteiger partial charge in [0.1, 0.15) is 11.0 Å². The minimum Gasteiger partial charge on any atom is -0.366 e. The Labute approximate surface area is 290 Å². The van der Waals surface area contributed by atoms with Crippen LogP contribution in [0.1, 0.15) is 38.5 Å². The Morgan fingerprint density at radius 1 is 0.660 bits per heavy atom. The monoisotopic (exact) mass is 728 g/mol. The number of piperidine rings is 2. The van der Waals surface area contributed by atoms with E-state index in [-0.39, 0.29) is 52.9 Å². The fourth-order valence-corrected chi connectivity index (χ4v) is 7.10. The van der Waals surface area contributed by atoms with Gasteiger partial charge in [0, 0.05) is 57.9 Å². The Morgan fingerprint density at radius 3 is 1.74 bits per heavy atom. The van der Waals surface area contributed by atoms with Crippen molar-refractivity contribution >= 4 is 67.4 Å². The van der Waals surface area contributed by atoms with Crippen molar-refractivity contribution in [2.45, 2.75) is 63.0 Å². The molecule has 8 heterocycles. The molecule has 17 heteroatoms.